The number of para-hydroxylation sites is 1. The fraction of sp³-hybridized carbons (Fsp3) is 0. The molecule has 0 unspecified atom stereocenters. The summed E-state index contributed by atoms with van der Waals surface area (Å²) in [5.41, 5.74) is 12.7. The van der Waals surface area contributed by atoms with E-state index >= 15 is 0 Å². The van der Waals surface area contributed by atoms with Gasteiger partial charge in [-0.05, 0) is 62.7 Å². The second kappa shape index (κ2) is 15.2. The summed E-state index contributed by atoms with van der Waals surface area (Å²) in [4.78, 5) is 15.1. The van der Waals surface area contributed by atoms with Gasteiger partial charge in [-0.3, -0.25) is 0 Å². The van der Waals surface area contributed by atoms with Gasteiger partial charge in [0, 0.05) is 21.9 Å². The van der Waals surface area contributed by atoms with E-state index in [1.165, 1.54) is 11.1 Å². The first-order chi connectivity index (χ1) is 29.3. The molecule has 0 fully saturated rings. The second-order valence-corrected chi connectivity index (χ2v) is 14.7. The predicted molar refractivity (Wildman–Crippen MR) is 252 cm³/mol. The Kier molecular flexibility index (Phi) is 9.45. The van der Waals surface area contributed by atoms with Crippen molar-refractivity contribution < 1.29 is 4.42 Å². The van der Waals surface area contributed by atoms with Crippen molar-refractivity contribution in [3.8, 4) is 78.7 Å². The van der Waals surface area contributed by atoms with Crippen molar-refractivity contribution in [1.29, 1.82) is 0 Å². The Morgan fingerprint density at radius 2 is 0.783 bits per heavy atom. The topological polar surface area (TPSA) is 51.8 Å². The van der Waals surface area contributed by atoms with Crippen molar-refractivity contribution in [3.63, 3.8) is 0 Å². The molecule has 2 heterocycles. The molecular weight excluding hydrogens is 725 g/mol. The van der Waals surface area contributed by atoms with Crippen LogP contribution in [0.3, 0.4) is 0 Å². The number of hydrogen-bond donors (Lipinski definition) is 0. The predicted octanol–water partition coefficient (Wildman–Crippen LogP) is 7.41. The highest BCUT2D eigenvalue weighted by Crippen LogP contribution is 2.41. The third-order valence-corrected chi connectivity index (χ3v) is 11.1. The number of benzene rings is 8. The molecule has 268 valence electrons. The molecule has 9 heteroatoms. The van der Waals surface area contributed by atoms with Crippen LogP contribution in [0.5, 0.6) is 0 Å². The minimum atomic E-state index is 0.158. The maximum absolute atomic E-state index is 6.71. The van der Waals surface area contributed by atoms with Gasteiger partial charge in [-0.15, -0.1) is 16.4 Å². The Morgan fingerprint density at radius 1 is 0.333 bits per heavy atom. The van der Waals surface area contributed by atoms with E-state index in [-0.39, 0.29) is 27.3 Å². The van der Waals surface area contributed by atoms with Crippen molar-refractivity contribution in [2.75, 3.05) is 0 Å². The highest BCUT2D eigenvalue weighted by atomic mass is 16.3. The van der Waals surface area contributed by atoms with Crippen LogP contribution >= 0.6 is 0 Å². The minimum Gasteiger partial charge on any atom is -0.455 e. The molecule has 60 heavy (non-hydrogen) atoms. The molecule has 0 bridgehead atoms. The van der Waals surface area contributed by atoms with E-state index in [0.29, 0.717) is 39.7 Å². The maximum Gasteiger partial charge on any atom is 0.167 e. The van der Waals surface area contributed by atoms with Crippen molar-refractivity contribution >= 4 is 88.5 Å². The number of rotatable bonds is 7. The Bertz CT molecular complexity index is 3210. The molecule has 0 spiro atoms. The van der Waals surface area contributed by atoms with Gasteiger partial charge in [0.05, 0.1) is 5.56 Å². The smallest absolute Gasteiger partial charge is 0.167 e. The van der Waals surface area contributed by atoms with Crippen LogP contribution in [0.4, 0.5) is 0 Å². The number of hydrogen-bond acceptors (Lipinski definition) is 4. The molecule has 0 saturated carbocycles. The first-order valence-electron chi connectivity index (χ1n) is 19.5. The second-order valence-electron chi connectivity index (χ2n) is 14.7. The van der Waals surface area contributed by atoms with Crippen LogP contribution in [-0.2, 0) is 0 Å². The largest absolute Gasteiger partial charge is 0.455 e. The Labute approximate surface area is 354 Å². The molecule has 2 aromatic heterocycles. The summed E-state index contributed by atoms with van der Waals surface area (Å²) in [5, 5.41) is 1.96. The Balaban J connectivity index is 1.07. The zero-order valence-electron chi connectivity index (χ0n) is 32.3. The number of furan rings is 1. The highest BCUT2D eigenvalue weighted by Gasteiger charge is 2.20. The van der Waals surface area contributed by atoms with E-state index in [2.05, 4.69) is 84.9 Å². The zero-order valence-corrected chi connectivity index (χ0v) is 32.3. The van der Waals surface area contributed by atoms with Crippen LogP contribution in [0.1, 0.15) is 0 Å². The maximum atomic E-state index is 6.71. The molecule has 4 nitrogen and oxygen atoms in total. The Morgan fingerprint density at radius 3 is 1.42 bits per heavy atom. The molecule has 10 rings (SSSR count). The number of nitrogens with zero attached hydrogens (tertiary/aromatic N) is 3. The quantitative estimate of drug-likeness (QED) is 0.159. The first kappa shape index (κ1) is 37.2. The fourth-order valence-corrected chi connectivity index (χ4v) is 7.91. The van der Waals surface area contributed by atoms with Gasteiger partial charge in [-0.25, -0.2) is 15.0 Å². The summed E-state index contributed by atoms with van der Waals surface area (Å²) in [6.45, 7) is 0. The van der Waals surface area contributed by atoms with Crippen LogP contribution in [0.25, 0.3) is 101 Å². The molecular formula is C51H28B5N3O. The number of aromatic nitrogens is 3. The van der Waals surface area contributed by atoms with Gasteiger partial charge in [0.1, 0.15) is 50.4 Å². The molecule has 0 saturated heterocycles. The molecule has 0 aliphatic heterocycles. The zero-order chi connectivity index (χ0) is 40.9. The summed E-state index contributed by atoms with van der Waals surface area (Å²) in [7, 11) is 31.5. The molecule has 0 N–H and O–H groups in total. The third-order valence-electron chi connectivity index (χ3n) is 11.1. The van der Waals surface area contributed by atoms with E-state index < -0.39 is 0 Å². The lowest BCUT2D eigenvalue weighted by Gasteiger charge is -2.21. The highest BCUT2D eigenvalue weighted by molar-refractivity contribution is 6.68. The fourth-order valence-electron chi connectivity index (χ4n) is 7.91. The van der Waals surface area contributed by atoms with Crippen molar-refractivity contribution in [3.05, 3.63) is 170 Å². The standard InChI is InChI=1S/C51H28B5N3O/c52-43-41(44(53)46(55)47(56)45(43)54)35-14-7-15-36(28-35)50-57-49(34-12-5-2-6-13-34)58-51(59-50)39-18-8-17-38-42-37(16-9-19-40(42)60-48(38)39)33-26-24-32(25-27-33)31-22-20-30(21-23-31)29-10-3-1-4-11-29/h1-28H. The minimum absolute atomic E-state index is 0.158. The van der Waals surface area contributed by atoms with Crippen LogP contribution in [0.15, 0.2) is 174 Å². The lowest BCUT2D eigenvalue weighted by atomic mass is 9.59. The van der Waals surface area contributed by atoms with Gasteiger partial charge in [0.25, 0.3) is 0 Å². The van der Waals surface area contributed by atoms with Gasteiger partial charge < -0.3 is 4.42 Å². The van der Waals surface area contributed by atoms with Gasteiger partial charge in [-0.2, -0.15) is 0 Å². The molecule has 0 aliphatic rings. The summed E-state index contributed by atoms with van der Waals surface area (Å²) in [6, 6.07) is 57.4. The SMILES string of the molecule is [B]c1c([B])c([B])c(-c2cccc(-c3nc(-c4ccccc4)nc(-c4cccc5c4oc4cccc(-c6ccc(-c7ccc(-c8ccccc8)cc7)cc6)c45)n3)c2)c([B])c1[B]. The molecule has 10 radical (unpaired) electrons. The van der Waals surface area contributed by atoms with Crippen molar-refractivity contribution in [2.24, 2.45) is 0 Å². The van der Waals surface area contributed by atoms with Crippen molar-refractivity contribution in [2.45, 2.75) is 0 Å². The Hall–Kier alpha value is -7.11. The van der Waals surface area contributed by atoms with Gasteiger partial charge >= 0.3 is 0 Å². The molecule has 0 atom stereocenters. The van der Waals surface area contributed by atoms with Crippen LogP contribution in [-0.4, -0.2) is 54.2 Å². The van der Waals surface area contributed by atoms with E-state index in [0.717, 1.165) is 49.7 Å². The normalized spacial score (nSPS) is 11.3. The van der Waals surface area contributed by atoms with E-state index in [1.54, 1.807) is 0 Å². The van der Waals surface area contributed by atoms with Crippen LogP contribution in [0.2, 0.25) is 0 Å². The van der Waals surface area contributed by atoms with Gasteiger partial charge in [-0.1, -0.05) is 163 Å². The molecule has 10 aromatic rings. The monoisotopic (exact) mass is 753 g/mol. The first-order valence-corrected chi connectivity index (χ1v) is 19.5. The summed E-state index contributed by atoms with van der Waals surface area (Å²) < 4.78 is 6.71. The molecule has 8 aromatic carbocycles. The van der Waals surface area contributed by atoms with Crippen LogP contribution < -0.4 is 27.3 Å². The van der Waals surface area contributed by atoms with E-state index in [1.807, 2.05) is 84.9 Å². The summed E-state index contributed by atoms with van der Waals surface area (Å²) in [6.07, 6.45) is 0. The summed E-state index contributed by atoms with van der Waals surface area (Å²) in [5.74, 6) is 1.40. The molecule has 0 amide bonds. The number of fused-ring (bicyclic) bond motifs is 3. The molecule has 0 aliphatic carbocycles. The average molecular weight is 753 g/mol. The lowest BCUT2D eigenvalue weighted by Crippen LogP contribution is -2.55. The van der Waals surface area contributed by atoms with Crippen LogP contribution in [0, 0.1) is 0 Å². The third kappa shape index (κ3) is 6.57. The van der Waals surface area contributed by atoms with Crippen molar-refractivity contribution in [1.82, 2.24) is 15.0 Å². The average Bonchev–Trinajstić information content (AvgIpc) is 3.70. The van der Waals surface area contributed by atoms with Gasteiger partial charge in [0.2, 0.25) is 0 Å². The van der Waals surface area contributed by atoms with Gasteiger partial charge in [0.15, 0.2) is 17.5 Å². The van der Waals surface area contributed by atoms with E-state index in [4.69, 9.17) is 58.6 Å². The lowest BCUT2D eigenvalue weighted by molar-refractivity contribution is 0.669. The summed E-state index contributed by atoms with van der Waals surface area (Å²) >= 11 is 0. The van der Waals surface area contributed by atoms with E-state index in [9.17, 15) is 0 Å².